The number of benzene rings is 2. The minimum Gasteiger partial charge on any atom is -0.368 e. The highest BCUT2D eigenvalue weighted by Crippen LogP contribution is 2.20. The highest BCUT2D eigenvalue weighted by Gasteiger charge is 2.18. The van der Waals surface area contributed by atoms with Gasteiger partial charge in [0, 0.05) is 51.2 Å². The van der Waals surface area contributed by atoms with Crippen LogP contribution in [-0.4, -0.2) is 31.2 Å². The van der Waals surface area contributed by atoms with E-state index in [4.69, 9.17) is 0 Å². The van der Waals surface area contributed by atoms with Crippen LogP contribution in [0.5, 0.6) is 0 Å². The molecule has 0 bridgehead atoms. The van der Waals surface area contributed by atoms with Crippen molar-refractivity contribution < 1.29 is 8.78 Å². The lowest BCUT2D eigenvalue weighted by atomic mass is 10.2. The molecule has 0 aliphatic carbocycles. The fourth-order valence-corrected chi connectivity index (χ4v) is 3.54. The van der Waals surface area contributed by atoms with Gasteiger partial charge >= 0.3 is 0 Å². The largest absolute Gasteiger partial charge is 0.368 e. The molecule has 1 aliphatic rings. The van der Waals surface area contributed by atoms with Crippen molar-refractivity contribution >= 4 is 11.5 Å². The molecule has 1 aromatic heterocycles. The smallest absolute Gasteiger partial charge is 0.128 e. The second-order valence-corrected chi connectivity index (χ2v) is 7.20. The van der Waals surface area contributed by atoms with Crippen molar-refractivity contribution in [3.8, 4) is 0 Å². The second kappa shape index (κ2) is 9.01. The van der Waals surface area contributed by atoms with E-state index in [1.165, 1.54) is 24.3 Å². The molecule has 6 heteroatoms. The van der Waals surface area contributed by atoms with Crippen LogP contribution in [0.3, 0.4) is 0 Å². The molecule has 29 heavy (non-hydrogen) atoms. The number of piperazine rings is 1. The average Bonchev–Trinajstić information content (AvgIpc) is 2.76. The Bertz CT molecular complexity index is 920. The number of aromatic nitrogens is 1. The number of rotatable bonds is 6. The van der Waals surface area contributed by atoms with Gasteiger partial charge < -0.3 is 15.1 Å². The lowest BCUT2D eigenvalue weighted by Crippen LogP contribution is -2.46. The van der Waals surface area contributed by atoms with Crippen molar-refractivity contribution in [2.45, 2.75) is 13.1 Å². The maximum absolute atomic E-state index is 13.1. The number of pyridine rings is 1. The van der Waals surface area contributed by atoms with Crippen molar-refractivity contribution in [2.75, 3.05) is 36.0 Å². The van der Waals surface area contributed by atoms with Gasteiger partial charge in [-0.15, -0.1) is 0 Å². The monoisotopic (exact) mass is 394 g/mol. The summed E-state index contributed by atoms with van der Waals surface area (Å²) in [5.41, 5.74) is 3.27. The Hall–Kier alpha value is -2.99. The summed E-state index contributed by atoms with van der Waals surface area (Å²) in [4.78, 5) is 9.09. The fraction of sp³-hybridized carbons (Fsp3) is 0.261. The molecule has 0 atom stereocenters. The number of nitrogens with zero attached hydrogens (tertiary/aromatic N) is 3. The molecular weight excluding hydrogens is 370 g/mol. The topological polar surface area (TPSA) is 31.4 Å². The predicted octanol–water partition coefficient (Wildman–Crippen LogP) is 3.98. The number of hydrogen-bond donors (Lipinski definition) is 1. The third-order valence-corrected chi connectivity index (χ3v) is 5.18. The molecule has 0 spiro atoms. The molecule has 1 saturated heterocycles. The van der Waals surface area contributed by atoms with Gasteiger partial charge in [0.05, 0.1) is 0 Å². The number of nitrogens with one attached hydrogen (secondary N) is 1. The molecule has 0 radical (unpaired) electrons. The first-order valence-electron chi connectivity index (χ1n) is 9.83. The van der Waals surface area contributed by atoms with E-state index in [1.807, 2.05) is 24.4 Å². The Morgan fingerprint density at radius 1 is 0.724 bits per heavy atom. The zero-order valence-corrected chi connectivity index (χ0v) is 16.2. The Balaban J connectivity index is 1.30. The van der Waals surface area contributed by atoms with Crippen LogP contribution in [0.2, 0.25) is 0 Å². The summed E-state index contributed by atoms with van der Waals surface area (Å²) in [6.07, 6.45) is 1.84. The Morgan fingerprint density at radius 2 is 1.31 bits per heavy atom. The van der Waals surface area contributed by atoms with E-state index in [1.54, 1.807) is 12.1 Å². The number of anilines is 2. The summed E-state index contributed by atoms with van der Waals surface area (Å²) in [7, 11) is 0. The maximum Gasteiger partial charge on any atom is 0.128 e. The molecule has 0 saturated carbocycles. The van der Waals surface area contributed by atoms with Crippen LogP contribution in [0.4, 0.5) is 20.3 Å². The van der Waals surface area contributed by atoms with Gasteiger partial charge in [0.15, 0.2) is 0 Å². The molecule has 4 rings (SSSR count). The summed E-state index contributed by atoms with van der Waals surface area (Å²) in [6.45, 7) is 4.91. The van der Waals surface area contributed by atoms with Gasteiger partial charge in [-0.3, -0.25) is 0 Å². The van der Waals surface area contributed by atoms with Gasteiger partial charge in [-0.25, -0.2) is 13.8 Å². The highest BCUT2D eigenvalue weighted by molar-refractivity contribution is 5.49. The van der Waals surface area contributed by atoms with E-state index in [0.717, 1.165) is 55.4 Å². The summed E-state index contributed by atoms with van der Waals surface area (Å²) in [5, 5.41) is 3.39. The molecule has 0 amide bonds. The van der Waals surface area contributed by atoms with Crippen molar-refractivity contribution in [2.24, 2.45) is 0 Å². The Labute approximate surface area is 169 Å². The molecule has 3 aromatic rings. The van der Waals surface area contributed by atoms with Gasteiger partial charge in [-0.1, -0.05) is 12.1 Å². The predicted molar refractivity (Wildman–Crippen MR) is 112 cm³/mol. The average molecular weight is 394 g/mol. The van der Waals surface area contributed by atoms with Crippen LogP contribution >= 0.6 is 0 Å². The van der Waals surface area contributed by atoms with Crippen molar-refractivity contribution in [3.63, 3.8) is 0 Å². The minimum absolute atomic E-state index is 0.207. The summed E-state index contributed by atoms with van der Waals surface area (Å²) < 4.78 is 26.1. The lowest BCUT2D eigenvalue weighted by molar-refractivity contribution is 0.623. The first-order chi connectivity index (χ1) is 14.2. The Kier molecular flexibility index (Phi) is 6.00. The minimum atomic E-state index is -0.216. The standard InChI is InChI=1S/C23H24F2N4/c24-20-3-1-18(2-4-20)16-26-17-19-9-10-27-23(15-19)29-13-11-28(12-14-29)22-7-5-21(25)6-8-22/h1-10,15,26H,11-14,16-17H2. The quantitative estimate of drug-likeness (QED) is 0.685. The molecule has 4 nitrogen and oxygen atoms in total. The SMILES string of the molecule is Fc1ccc(CNCc2ccnc(N3CCN(c4ccc(F)cc4)CC3)c2)cc1. The van der Waals surface area contributed by atoms with E-state index >= 15 is 0 Å². The Morgan fingerprint density at radius 3 is 2.00 bits per heavy atom. The molecule has 150 valence electrons. The molecule has 2 aromatic carbocycles. The zero-order chi connectivity index (χ0) is 20.1. The second-order valence-electron chi connectivity index (χ2n) is 7.20. The van der Waals surface area contributed by atoms with Gasteiger partial charge in [-0.2, -0.15) is 0 Å². The van der Waals surface area contributed by atoms with Crippen LogP contribution in [0, 0.1) is 11.6 Å². The van der Waals surface area contributed by atoms with Gasteiger partial charge in [0.2, 0.25) is 0 Å². The van der Waals surface area contributed by atoms with E-state index in [9.17, 15) is 8.78 Å². The fourth-order valence-electron chi connectivity index (χ4n) is 3.54. The number of hydrogen-bond acceptors (Lipinski definition) is 4. The third kappa shape index (κ3) is 5.09. The van der Waals surface area contributed by atoms with E-state index in [2.05, 4.69) is 26.2 Å². The van der Waals surface area contributed by atoms with Crippen LogP contribution in [0.15, 0.2) is 66.9 Å². The first kappa shape index (κ1) is 19.3. The summed E-state index contributed by atoms with van der Waals surface area (Å²) in [6, 6.07) is 17.3. The lowest BCUT2D eigenvalue weighted by Gasteiger charge is -2.36. The van der Waals surface area contributed by atoms with E-state index in [0.29, 0.717) is 6.54 Å². The van der Waals surface area contributed by atoms with Crippen molar-refractivity contribution in [1.82, 2.24) is 10.3 Å². The van der Waals surface area contributed by atoms with Crippen LogP contribution < -0.4 is 15.1 Å². The van der Waals surface area contributed by atoms with E-state index in [-0.39, 0.29) is 11.6 Å². The summed E-state index contributed by atoms with van der Waals surface area (Å²) in [5.74, 6) is 0.554. The molecule has 1 aliphatic heterocycles. The molecule has 1 N–H and O–H groups in total. The summed E-state index contributed by atoms with van der Waals surface area (Å²) >= 11 is 0. The van der Waals surface area contributed by atoms with Crippen LogP contribution in [0.1, 0.15) is 11.1 Å². The zero-order valence-electron chi connectivity index (χ0n) is 16.2. The number of halogens is 2. The molecule has 2 heterocycles. The van der Waals surface area contributed by atoms with Gasteiger partial charge in [-0.05, 0) is 59.7 Å². The van der Waals surface area contributed by atoms with Crippen molar-refractivity contribution in [3.05, 3.63) is 89.6 Å². The van der Waals surface area contributed by atoms with Crippen LogP contribution in [-0.2, 0) is 13.1 Å². The maximum atomic E-state index is 13.1. The third-order valence-electron chi connectivity index (χ3n) is 5.18. The van der Waals surface area contributed by atoms with Crippen LogP contribution in [0.25, 0.3) is 0 Å². The highest BCUT2D eigenvalue weighted by atomic mass is 19.1. The van der Waals surface area contributed by atoms with E-state index < -0.39 is 0 Å². The van der Waals surface area contributed by atoms with Crippen molar-refractivity contribution in [1.29, 1.82) is 0 Å². The molecule has 0 unspecified atom stereocenters. The normalized spacial score (nSPS) is 14.3. The molecular formula is C23H24F2N4. The first-order valence-corrected chi connectivity index (χ1v) is 9.83. The molecule has 1 fully saturated rings. The van der Waals surface area contributed by atoms with Gasteiger partial charge in [0.1, 0.15) is 17.5 Å². The van der Waals surface area contributed by atoms with Gasteiger partial charge in [0.25, 0.3) is 0 Å².